The van der Waals surface area contributed by atoms with Crippen molar-refractivity contribution in [1.82, 2.24) is 4.98 Å². The number of pyridine rings is 1. The van der Waals surface area contributed by atoms with Gasteiger partial charge >= 0.3 is 0 Å². The van der Waals surface area contributed by atoms with Crippen molar-refractivity contribution < 1.29 is 0 Å². The summed E-state index contributed by atoms with van der Waals surface area (Å²) < 4.78 is 0. The Morgan fingerprint density at radius 3 is 2.81 bits per heavy atom. The molecule has 0 amide bonds. The normalized spacial score (nSPS) is 10.9. The van der Waals surface area contributed by atoms with E-state index in [4.69, 9.17) is 16.9 Å². The number of nitriles is 1. The first kappa shape index (κ1) is 12.2. The number of hydrogen-bond acceptors (Lipinski definition) is 4. The van der Waals surface area contributed by atoms with Crippen LogP contribution in [0.5, 0.6) is 0 Å². The molecule has 0 radical (unpaired) electrons. The Balaban J connectivity index is 3.27. The highest BCUT2D eigenvalue weighted by atomic mass is 35.5. The SMILES string of the molecule is C/C=C\N(/N=C\C)c1nc(Cl)ccc1C#N. The van der Waals surface area contributed by atoms with Gasteiger partial charge in [0.1, 0.15) is 11.2 Å². The van der Waals surface area contributed by atoms with Crippen LogP contribution in [0.4, 0.5) is 5.82 Å². The molecule has 0 aliphatic carbocycles. The van der Waals surface area contributed by atoms with Crippen molar-refractivity contribution in [3.8, 4) is 6.07 Å². The molecule has 1 aromatic rings. The van der Waals surface area contributed by atoms with Gasteiger partial charge in [-0.15, -0.1) is 0 Å². The lowest BCUT2D eigenvalue weighted by Crippen LogP contribution is -2.11. The molecule has 0 saturated heterocycles. The molecule has 1 heterocycles. The predicted octanol–water partition coefficient (Wildman–Crippen LogP) is 2.95. The van der Waals surface area contributed by atoms with Gasteiger partial charge in [-0.1, -0.05) is 17.7 Å². The van der Waals surface area contributed by atoms with Crippen LogP contribution in [0.1, 0.15) is 19.4 Å². The minimum Gasteiger partial charge on any atom is -0.222 e. The fraction of sp³-hybridized carbons (Fsp3) is 0.182. The summed E-state index contributed by atoms with van der Waals surface area (Å²) in [5.74, 6) is 0.422. The second kappa shape index (κ2) is 5.89. The van der Waals surface area contributed by atoms with Crippen molar-refractivity contribution >= 4 is 23.6 Å². The molecule has 0 saturated carbocycles. The minimum absolute atomic E-state index is 0.329. The second-order valence-corrected chi connectivity index (χ2v) is 3.20. The van der Waals surface area contributed by atoms with Crippen LogP contribution in [0, 0.1) is 11.3 Å². The molecule has 5 heteroatoms. The predicted molar refractivity (Wildman–Crippen MR) is 65.4 cm³/mol. The lowest BCUT2D eigenvalue weighted by Gasteiger charge is -2.13. The Morgan fingerprint density at radius 1 is 1.50 bits per heavy atom. The fourth-order valence-electron chi connectivity index (χ4n) is 1.12. The standard InChI is InChI=1S/C11H11ClN4/c1-3-7-16(14-4-2)11-9(8-13)5-6-10(12)15-11/h3-7H,1-2H3/b7-3-,14-4-. The number of hydrogen-bond donors (Lipinski definition) is 0. The van der Waals surface area contributed by atoms with Crippen LogP contribution in [0.15, 0.2) is 29.5 Å². The molecule has 0 fully saturated rings. The summed E-state index contributed by atoms with van der Waals surface area (Å²) in [5, 5.41) is 14.9. The molecular formula is C11H11ClN4. The van der Waals surface area contributed by atoms with Gasteiger partial charge in [0.05, 0.1) is 5.56 Å². The summed E-state index contributed by atoms with van der Waals surface area (Å²) in [5.41, 5.74) is 0.424. The molecule has 82 valence electrons. The molecule has 0 aliphatic rings. The first-order valence-corrected chi connectivity index (χ1v) is 5.08. The number of halogens is 1. The molecule has 16 heavy (non-hydrogen) atoms. The van der Waals surface area contributed by atoms with Crippen LogP contribution < -0.4 is 5.01 Å². The maximum Gasteiger partial charge on any atom is 0.172 e. The smallest absolute Gasteiger partial charge is 0.172 e. The molecule has 0 aliphatic heterocycles. The first-order valence-electron chi connectivity index (χ1n) is 4.70. The Labute approximate surface area is 99.5 Å². The van der Waals surface area contributed by atoms with E-state index in [-0.39, 0.29) is 0 Å². The van der Waals surface area contributed by atoms with Crippen LogP contribution >= 0.6 is 11.6 Å². The average molecular weight is 235 g/mol. The van der Waals surface area contributed by atoms with Gasteiger partial charge in [-0.05, 0) is 26.0 Å². The van der Waals surface area contributed by atoms with Crippen molar-refractivity contribution in [2.45, 2.75) is 13.8 Å². The molecule has 1 aromatic heterocycles. The second-order valence-electron chi connectivity index (χ2n) is 2.82. The number of rotatable bonds is 3. The molecule has 0 atom stereocenters. The van der Waals surface area contributed by atoms with Gasteiger partial charge in [-0.3, -0.25) is 0 Å². The van der Waals surface area contributed by atoms with Gasteiger partial charge in [-0.25, -0.2) is 9.99 Å². The van der Waals surface area contributed by atoms with E-state index >= 15 is 0 Å². The van der Waals surface area contributed by atoms with E-state index in [0.717, 1.165) is 0 Å². The molecule has 0 unspecified atom stereocenters. The van der Waals surface area contributed by atoms with Gasteiger partial charge in [0, 0.05) is 12.4 Å². The van der Waals surface area contributed by atoms with Crippen molar-refractivity contribution in [3.05, 3.63) is 35.1 Å². The summed E-state index contributed by atoms with van der Waals surface area (Å²) in [6.45, 7) is 3.64. The van der Waals surface area contributed by atoms with Crippen molar-refractivity contribution in [2.75, 3.05) is 5.01 Å². The Hall–Kier alpha value is -1.86. The fourth-order valence-corrected chi connectivity index (χ4v) is 1.26. The number of allylic oxidation sites excluding steroid dienone is 1. The zero-order valence-corrected chi connectivity index (χ0v) is 9.81. The van der Waals surface area contributed by atoms with E-state index in [9.17, 15) is 0 Å². The van der Waals surface area contributed by atoms with Gasteiger partial charge in [0.15, 0.2) is 5.82 Å². The monoisotopic (exact) mass is 234 g/mol. The van der Waals surface area contributed by atoms with Gasteiger partial charge in [-0.2, -0.15) is 10.4 Å². The topological polar surface area (TPSA) is 52.3 Å². The van der Waals surface area contributed by atoms with Crippen LogP contribution in [0.25, 0.3) is 0 Å². The summed E-state index contributed by atoms with van der Waals surface area (Å²) in [6, 6.07) is 5.24. The van der Waals surface area contributed by atoms with Crippen molar-refractivity contribution in [1.29, 1.82) is 5.26 Å². The van der Waals surface area contributed by atoms with Gasteiger partial charge < -0.3 is 0 Å². The van der Waals surface area contributed by atoms with Crippen LogP contribution in [-0.4, -0.2) is 11.2 Å². The zero-order chi connectivity index (χ0) is 12.0. The van der Waals surface area contributed by atoms with Crippen molar-refractivity contribution in [2.24, 2.45) is 5.10 Å². The third-order valence-corrected chi connectivity index (χ3v) is 1.92. The molecule has 0 aromatic carbocycles. The number of aromatic nitrogens is 1. The Morgan fingerprint density at radius 2 is 2.25 bits per heavy atom. The van der Waals surface area contributed by atoms with Crippen LogP contribution in [0.3, 0.4) is 0 Å². The molecular weight excluding hydrogens is 224 g/mol. The van der Waals surface area contributed by atoms with Gasteiger partial charge in [0.25, 0.3) is 0 Å². The van der Waals surface area contributed by atoms with Crippen LogP contribution in [0.2, 0.25) is 5.15 Å². The lowest BCUT2D eigenvalue weighted by molar-refractivity contribution is 1.02. The summed E-state index contributed by atoms with van der Waals surface area (Å²) in [4.78, 5) is 4.09. The largest absolute Gasteiger partial charge is 0.222 e. The highest BCUT2D eigenvalue weighted by molar-refractivity contribution is 6.29. The Bertz CT molecular complexity index is 448. The van der Waals surface area contributed by atoms with E-state index in [1.54, 1.807) is 37.5 Å². The number of anilines is 1. The average Bonchev–Trinajstić information content (AvgIpc) is 2.29. The van der Waals surface area contributed by atoms with Crippen molar-refractivity contribution in [3.63, 3.8) is 0 Å². The molecule has 0 spiro atoms. The van der Waals surface area contributed by atoms with E-state index < -0.39 is 0 Å². The highest BCUT2D eigenvalue weighted by Crippen LogP contribution is 2.20. The maximum absolute atomic E-state index is 8.96. The number of hydrazone groups is 1. The summed E-state index contributed by atoms with van der Waals surface area (Å²) in [6.07, 6.45) is 5.12. The van der Waals surface area contributed by atoms with Gasteiger partial charge in [0.2, 0.25) is 0 Å². The third kappa shape index (κ3) is 2.81. The van der Waals surface area contributed by atoms with E-state index in [1.165, 1.54) is 5.01 Å². The van der Waals surface area contributed by atoms with E-state index in [1.807, 2.05) is 13.0 Å². The minimum atomic E-state index is 0.329. The maximum atomic E-state index is 8.96. The highest BCUT2D eigenvalue weighted by Gasteiger charge is 2.10. The third-order valence-electron chi connectivity index (χ3n) is 1.71. The summed E-state index contributed by atoms with van der Waals surface area (Å²) >= 11 is 5.80. The van der Waals surface area contributed by atoms with Crippen LogP contribution in [-0.2, 0) is 0 Å². The lowest BCUT2D eigenvalue weighted by atomic mass is 10.3. The molecule has 0 bridgehead atoms. The number of nitrogens with zero attached hydrogens (tertiary/aromatic N) is 4. The first-order chi connectivity index (χ1) is 7.72. The quantitative estimate of drug-likeness (QED) is 0.459. The zero-order valence-electron chi connectivity index (χ0n) is 9.05. The molecule has 4 nitrogen and oxygen atoms in total. The van der Waals surface area contributed by atoms with E-state index in [0.29, 0.717) is 16.5 Å². The Kier molecular flexibility index (Phi) is 4.49. The molecule has 1 rings (SSSR count). The van der Waals surface area contributed by atoms with E-state index in [2.05, 4.69) is 10.1 Å². The molecule has 0 N–H and O–H groups in total. The summed E-state index contributed by atoms with van der Waals surface area (Å²) in [7, 11) is 0.